The maximum absolute atomic E-state index is 12.4. The summed E-state index contributed by atoms with van der Waals surface area (Å²) < 4.78 is 28.9. The molecule has 1 aromatic heterocycles. The van der Waals surface area contributed by atoms with E-state index in [2.05, 4.69) is 20.1 Å². The van der Waals surface area contributed by atoms with E-state index in [0.29, 0.717) is 17.8 Å². The van der Waals surface area contributed by atoms with Crippen molar-refractivity contribution < 1.29 is 13.2 Å². The number of amides is 1. The van der Waals surface area contributed by atoms with Gasteiger partial charge in [-0.2, -0.15) is 5.10 Å². The fraction of sp³-hybridized carbons (Fsp3) is 0.0455. The maximum atomic E-state index is 12.4. The first kappa shape index (κ1) is 20.3. The average Bonchev–Trinajstić information content (AvgIpc) is 3.34. The van der Waals surface area contributed by atoms with E-state index in [1.165, 1.54) is 18.5 Å². The Bertz CT molecular complexity index is 1260. The molecule has 0 aliphatic rings. The third-order valence-corrected chi connectivity index (χ3v) is 5.92. The van der Waals surface area contributed by atoms with Gasteiger partial charge in [0.2, 0.25) is 0 Å². The van der Waals surface area contributed by atoms with Crippen LogP contribution in [0.25, 0.3) is 5.69 Å². The van der Waals surface area contributed by atoms with Gasteiger partial charge >= 0.3 is 0 Å². The van der Waals surface area contributed by atoms with Crippen molar-refractivity contribution in [3.05, 3.63) is 103 Å². The molecular formula is C22H19N5O3S. The fourth-order valence-corrected chi connectivity index (χ4v) is 3.98. The van der Waals surface area contributed by atoms with Crippen molar-refractivity contribution in [2.24, 2.45) is 0 Å². The number of nitrogens with one attached hydrogen (secondary N) is 2. The molecule has 0 spiro atoms. The Morgan fingerprint density at radius 2 is 1.61 bits per heavy atom. The number of hydrogen-bond donors (Lipinski definition) is 2. The van der Waals surface area contributed by atoms with Crippen LogP contribution in [0.3, 0.4) is 0 Å². The molecule has 0 unspecified atom stereocenters. The van der Waals surface area contributed by atoms with E-state index in [4.69, 9.17) is 0 Å². The normalized spacial score (nSPS) is 11.1. The van der Waals surface area contributed by atoms with Crippen LogP contribution in [-0.4, -0.2) is 29.1 Å². The predicted molar refractivity (Wildman–Crippen MR) is 116 cm³/mol. The van der Waals surface area contributed by atoms with Crippen molar-refractivity contribution in [1.29, 1.82) is 0 Å². The van der Waals surface area contributed by atoms with Crippen molar-refractivity contribution in [3.8, 4) is 5.69 Å². The molecule has 0 saturated carbocycles. The zero-order chi connectivity index (χ0) is 21.7. The molecule has 4 rings (SSSR count). The van der Waals surface area contributed by atoms with Gasteiger partial charge < -0.3 is 5.32 Å². The quantitative estimate of drug-likeness (QED) is 0.466. The second-order valence-corrected chi connectivity index (χ2v) is 8.37. The van der Waals surface area contributed by atoms with Crippen LogP contribution < -0.4 is 10.0 Å². The average molecular weight is 433 g/mol. The standard InChI is InChI=1S/C22H19N5O3S/c28-22(24-14-17-6-12-20(13-7-17)27-16-23-15-25-27)18-8-10-19(11-9-18)26-31(29,30)21-4-2-1-3-5-21/h1-13,15-16,26H,14H2,(H,24,28). The minimum Gasteiger partial charge on any atom is -0.348 e. The smallest absolute Gasteiger partial charge is 0.261 e. The monoisotopic (exact) mass is 433 g/mol. The summed E-state index contributed by atoms with van der Waals surface area (Å²) in [6.07, 6.45) is 3.08. The van der Waals surface area contributed by atoms with E-state index in [-0.39, 0.29) is 10.8 Å². The number of hydrogen-bond acceptors (Lipinski definition) is 5. The number of anilines is 1. The largest absolute Gasteiger partial charge is 0.348 e. The number of aromatic nitrogens is 3. The summed E-state index contributed by atoms with van der Waals surface area (Å²) >= 11 is 0. The Hall–Kier alpha value is -3.98. The van der Waals surface area contributed by atoms with Crippen molar-refractivity contribution in [2.75, 3.05) is 4.72 Å². The van der Waals surface area contributed by atoms with E-state index < -0.39 is 10.0 Å². The van der Waals surface area contributed by atoms with Crippen LogP contribution >= 0.6 is 0 Å². The van der Waals surface area contributed by atoms with E-state index in [0.717, 1.165) is 11.3 Å². The van der Waals surface area contributed by atoms with Crippen molar-refractivity contribution in [1.82, 2.24) is 20.1 Å². The molecule has 9 heteroatoms. The Balaban J connectivity index is 1.35. The molecule has 8 nitrogen and oxygen atoms in total. The van der Waals surface area contributed by atoms with Gasteiger partial charge in [-0.05, 0) is 54.1 Å². The minimum atomic E-state index is -3.67. The van der Waals surface area contributed by atoms with Crippen LogP contribution in [0.2, 0.25) is 0 Å². The second kappa shape index (κ2) is 8.80. The zero-order valence-corrected chi connectivity index (χ0v) is 17.2. The number of carbonyl (C=O) groups excluding carboxylic acids is 1. The first-order valence-corrected chi connectivity index (χ1v) is 10.9. The van der Waals surface area contributed by atoms with Gasteiger partial charge in [-0.15, -0.1) is 0 Å². The molecule has 0 aliphatic heterocycles. The Kier molecular flexibility index (Phi) is 5.76. The van der Waals surface area contributed by atoms with Crippen LogP contribution in [0.15, 0.2) is 96.4 Å². The SMILES string of the molecule is O=C(NCc1ccc(-n2cncn2)cc1)c1ccc(NS(=O)(=O)c2ccccc2)cc1. The van der Waals surface area contributed by atoms with Gasteiger partial charge in [0, 0.05) is 17.8 Å². The number of rotatable bonds is 7. The summed E-state index contributed by atoms with van der Waals surface area (Å²) in [5.41, 5.74) is 2.62. The highest BCUT2D eigenvalue weighted by atomic mass is 32.2. The molecule has 156 valence electrons. The molecule has 0 bridgehead atoms. The number of carbonyl (C=O) groups is 1. The molecular weight excluding hydrogens is 414 g/mol. The lowest BCUT2D eigenvalue weighted by atomic mass is 10.1. The van der Waals surface area contributed by atoms with Crippen LogP contribution in [0, 0.1) is 0 Å². The Labute approximate surface area is 179 Å². The molecule has 4 aromatic rings. The molecule has 0 fully saturated rings. The first-order valence-electron chi connectivity index (χ1n) is 9.41. The summed E-state index contributed by atoms with van der Waals surface area (Å²) in [6, 6.07) is 21.9. The zero-order valence-electron chi connectivity index (χ0n) is 16.3. The molecule has 31 heavy (non-hydrogen) atoms. The highest BCUT2D eigenvalue weighted by Crippen LogP contribution is 2.16. The van der Waals surface area contributed by atoms with Gasteiger partial charge in [-0.1, -0.05) is 30.3 Å². The first-order chi connectivity index (χ1) is 15.0. The molecule has 1 amide bonds. The van der Waals surface area contributed by atoms with Crippen LogP contribution in [-0.2, 0) is 16.6 Å². The summed E-state index contributed by atoms with van der Waals surface area (Å²) in [7, 11) is -3.67. The predicted octanol–water partition coefficient (Wildman–Crippen LogP) is 3.00. The van der Waals surface area contributed by atoms with E-state index in [1.807, 2.05) is 24.3 Å². The topological polar surface area (TPSA) is 106 Å². The number of sulfonamides is 1. The molecule has 0 radical (unpaired) electrons. The summed E-state index contributed by atoms with van der Waals surface area (Å²) in [6.45, 7) is 0.360. The number of benzene rings is 3. The third kappa shape index (κ3) is 4.96. The lowest BCUT2D eigenvalue weighted by molar-refractivity contribution is 0.0951. The lowest BCUT2D eigenvalue weighted by Crippen LogP contribution is -2.22. The van der Waals surface area contributed by atoms with Gasteiger partial charge in [0.1, 0.15) is 12.7 Å². The highest BCUT2D eigenvalue weighted by molar-refractivity contribution is 7.92. The van der Waals surface area contributed by atoms with E-state index >= 15 is 0 Å². The van der Waals surface area contributed by atoms with Gasteiger partial charge in [0.25, 0.3) is 15.9 Å². The van der Waals surface area contributed by atoms with Crippen LogP contribution in [0.5, 0.6) is 0 Å². The highest BCUT2D eigenvalue weighted by Gasteiger charge is 2.14. The molecule has 0 saturated heterocycles. The Morgan fingerprint density at radius 1 is 0.903 bits per heavy atom. The van der Waals surface area contributed by atoms with Gasteiger partial charge in [-0.25, -0.2) is 18.1 Å². The Morgan fingerprint density at radius 3 is 2.26 bits per heavy atom. The van der Waals surface area contributed by atoms with Crippen LogP contribution in [0.1, 0.15) is 15.9 Å². The van der Waals surface area contributed by atoms with Gasteiger partial charge in [0.05, 0.1) is 10.6 Å². The van der Waals surface area contributed by atoms with Gasteiger partial charge in [-0.3, -0.25) is 9.52 Å². The lowest BCUT2D eigenvalue weighted by Gasteiger charge is -2.09. The minimum absolute atomic E-state index is 0.173. The fourth-order valence-electron chi connectivity index (χ4n) is 2.90. The number of nitrogens with zero attached hydrogens (tertiary/aromatic N) is 3. The van der Waals surface area contributed by atoms with Gasteiger partial charge in [0.15, 0.2) is 0 Å². The molecule has 1 heterocycles. The van der Waals surface area contributed by atoms with Crippen molar-refractivity contribution in [2.45, 2.75) is 11.4 Å². The maximum Gasteiger partial charge on any atom is 0.261 e. The summed E-state index contributed by atoms with van der Waals surface area (Å²) in [5.74, 6) is -0.252. The second-order valence-electron chi connectivity index (χ2n) is 6.69. The molecule has 3 aromatic carbocycles. The van der Waals surface area contributed by atoms with Crippen molar-refractivity contribution >= 4 is 21.6 Å². The summed E-state index contributed by atoms with van der Waals surface area (Å²) in [5, 5.41) is 6.92. The molecule has 2 N–H and O–H groups in total. The summed E-state index contributed by atoms with van der Waals surface area (Å²) in [4.78, 5) is 16.5. The third-order valence-electron chi connectivity index (χ3n) is 4.53. The molecule has 0 aliphatic carbocycles. The van der Waals surface area contributed by atoms with E-state index in [9.17, 15) is 13.2 Å². The van der Waals surface area contributed by atoms with Crippen molar-refractivity contribution in [3.63, 3.8) is 0 Å². The van der Waals surface area contributed by atoms with E-state index in [1.54, 1.807) is 53.5 Å². The molecule has 0 atom stereocenters. The van der Waals surface area contributed by atoms with Crippen LogP contribution in [0.4, 0.5) is 5.69 Å².